The van der Waals surface area contributed by atoms with Gasteiger partial charge in [-0.3, -0.25) is 4.79 Å². The smallest absolute Gasteiger partial charge is 0.338 e. The second-order valence-electron chi connectivity index (χ2n) is 4.85. The van der Waals surface area contributed by atoms with Gasteiger partial charge in [-0.25, -0.2) is 13.6 Å². The second kappa shape index (κ2) is 5.54. The molecule has 1 atom stereocenters. The third-order valence-corrected chi connectivity index (χ3v) is 3.31. The summed E-state index contributed by atoms with van der Waals surface area (Å²) in [7, 11) is 1.87. The van der Waals surface area contributed by atoms with Gasteiger partial charge in [0, 0.05) is 12.6 Å². The van der Waals surface area contributed by atoms with Gasteiger partial charge in [0.1, 0.15) is 11.6 Å². The number of carboxylic acids is 1. The molecule has 5 nitrogen and oxygen atoms in total. The van der Waals surface area contributed by atoms with Gasteiger partial charge in [0.2, 0.25) is 5.91 Å². The quantitative estimate of drug-likeness (QED) is 0.883. The lowest BCUT2D eigenvalue weighted by Crippen LogP contribution is -2.26. The highest BCUT2D eigenvalue weighted by Crippen LogP contribution is 2.22. The van der Waals surface area contributed by atoms with E-state index < -0.39 is 29.1 Å². The lowest BCUT2D eigenvalue weighted by Gasteiger charge is -2.12. The highest BCUT2D eigenvalue weighted by atomic mass is 19.1. The van der Waals surface area contributed by atoms with Gasteiger partial charge in [-0.1, -0.05) is 0 Å². The molecule has 1 amide bonds. The molecule has 2 rings (SSSR count). The van der Waals surface area contributed by atoms with E-state index in [1.54, 1.807) is 0 Å². The lowest BCUT2D eigenvalue weighted by molar-refractivity contribution is -0.119. The summed E-state index contributed by atoms with van der Waals surface area (Å²) in [6, 6.07) is 1.25. The van der Waals surface area contributed by atoms with Gasteiger partial charge in [-0.2, -0.15) is 0 Å². The van der Waals surface area contributed by atoms with Crippen molar-refractivity contribution in [2.45, 2.75) is 6.42 Å². The van der Waals surface area contributed by atoms with E-state index >= 15 is 0 Å². The summed E-state index contributed by atoms with van der Waals surface area (Å²) in [5.74, 6) is -4.35. The minimum Gasteiger partial charge on any atom is -0.478 e. The number of carbonyl (C=O) groups excluding carboxylic acids is 1. The number of hydrogen-bond acceptors (Lipinski definition) is 3. The van der Waals surface area contributed by atoms with E-state index in [1.165, 1.54) is 0 Å². The largest absolute Gasteiger partial charge is 0.478 e. The lowest BCUT2D eigenvalue weighted by atomic mass is 10.1. The van der Waals surface area contributed by atoms with E-state index in [0.29, 0.717) is 19.0 Å². The molecule has 1 aromatic carbocycles. The molecule has 0 aliphatic carbocycles. The van der Waals surface area contributed by atoms with Crippen molar-refractivity contribution in [2.75, 3.05) is 25.5 Å². The molecule has 0 aromatic heterocycles. The second-order valence-corrected chi connectivity index (χ2v) is 4.85. The summed E-state index contributed by atoms with van der Waals surface area (Å²) in [5, 5.41) is 11.1. The Balaban J connectivity index is 2.18. The Morgan fingerprint density at radius 1 is 1.35 bits per heavy atom. The number of hydrogen-bond donors (Lipinski definition) is 2. The maximum atomic E-state index is 13.6. The Morgan fingerprint density at radius 2 is 2.05 bits per heavy atom. The van der Waals surface area contributed by atoms with Crippen LogP contribution in [0.2, 0.25) is 0 Å². The predicted molar refractivity (Wildman–Crippen MR) is 67.6 cm³/mol. The molecule has 1 aliphatic rings. The van der Waals surface area contributed by atoms with Gasteiger partial charge in [-0.15, -0.1) is 0 Å². The summed E-state index contributed by atoms with van der Waals surface area (Å²) in [5.41, 5.74) is -0.992. The molecule has 1 aromatic rings. The minimum atomic E-state index is -1.52. The van der Waals surface area contributed by atoms with E-state index in [1.807, 2.05) is 11.9 Å². The zero-order valence-electron chi connectivity index (χ0n) is 10.8. The van der Waals surface area contributed by atoms with Crippen LogP contribution in [0.3, 0.4) is 0 Å². The normalized spacial score (nSPS) is 19.1. The number of nitrogens with zero attached hydrogens (tertiary/aromatic N) is 1. The van der Waals surface area contributed by atoms with Crippen molar-refractivity contribution in [1.29, 1.82) is 0 Å². The molecule has 108 valence electrons. The molecule has 0 bridgehead atoms. The number of likely N-dealkylation sites (tertiary alicyclic amines) is 1. The minimum absolute atomic E-state index is 0.280. The molecular weight excluding hydrogens is 270 g/mol. The maximum absolute atomic E-state index is 13.6. The third kappa shape index (κ3) is 2.93. The zero-order chi connectivity index (χ0) is 14.9. The van der Waals surface area contributed by atoms with Crippen LogP contribution in [0.15, 0.2) is 12.1 Å². The Morgan fingerprint density at radius 3 is 2.60 bits per heavy atom. The standard InChI is InChI=1S/C13H14F2N2O3/c1-17-3-2-7(6-17)12(18)16-11-4-8(13(19)20)9(14)5-10(11)15/h4-5,7H,2-3,6H2,1H3,(H,16,18)(H,19,20). The van der Waals surface area contributed by atoms with Crippen molar-refractivity contribution in [1.82, 2.24) is 4.90 Å². The summed E-state index contributed by atoms with van der Waals surface area (Å²) >= 11 is 0. The number of carboxylic acid groups (broad SMARTS) is 1. The highest BCUT2D eigenvalue weighted by molar-refractivity contribution is 5.95. The molecule has 1 aliphatic heterocycles. The molecule has 1 saturated heterocycles. The molecule has 0 spiro atoms. The van der Waals surface area contributed by atoms with Crippen LogP contribution in [0.1, 0.15) is 16.8 Å². The van der Waals surface area contributed by atoms with Gasteiger partial charge in [0.05, 0.1) is 17.2 Å². The molecule has 0 radical (unpaired) electrons. The van der Waals surface area contributed by atoms with Gasteiger partial charge in [0.15, 0.2) is 0 Å². The van der Waals surface area contributed by atoms with Crippen LogP contribution < -0.4 is 5.32 Å². The Kier molecular flexibility index (Phi) is 3.99. The fourth-order valence-corrected chi connectivity index (χ4v) is 2.19. The molecular formula is C13H14F2N2O3. The van der Waals surface area contributed by atoms with Crippen molar-refractivity contribution >= 4 is 17.6 Å². The van der Waals surface area contributed by atoms with Crippen molar-refractivity contribution in [3.05, 3.63) is 29.3 Å². The van der Waals surface area contributed by atoms with E-state index in [0.717, 1.165) is 12.6 Å². The maximum Gasteiger partial charge on any atom is 0.338 e. The Bertz CT molecular complexity index is 563. The number of benzene rings is 1. The molecule has 7 heteroatoms. The van der Waals surface area contributed by atoms with Crippen LogP contribution in [0.25, 0.3) is 0 Å². The van der Waals surface area contributed by atoms with Crippen LogP contribution in [0, 0.1) is 17.6 Å². The van der Waals surface area contributed by atoms with Crippen LogP contribution in [-0.2, 0) is 4.79 Å². The number of amides is 1. The molecule has 1 unspecified atom stereocenters. The van der Waals surface area contributed by atoms with Crippen molar-refractivity contribution in [3.8, 4) is 0 Å². The van der Waals surface area contributed by atoms with Gasteiger partial charge >= 0.3 is 5.97 Å². The SMILES string of the molecule is CN1CCC(C(=O)Nc2cc(C(=O)O)c(F)cc2F)C1. The first-order valence-corrected chi connectivity index (χ1v) is 6.10. The van der Waals surface area contributed by atoms with E-state index in [2.05, 4.69) is 5.32 Å². The van der Waals surface area contributed by atoms with Gasteiger partial charge < -0.3 is 15.3 Å². The Hall–Kier alpha value is -2.02. The average Bonchev–Trinajstić information content (AvgIpc) is 2.79. The molecule has 2 N–H and O–H groups in total. The summed E-state index contributed by atoms with van der Waals surface area (Å²) < 4.78 is 26.8. The average molecular weight is 284 g/mol. The summed E-state index contributed by atoms with van der Waals surface area (Å²) in [4.78, 5) is 24.7. The first-order chi connectivity index (χ1) is 9.38. The van der Waals surface area contributed by atoms with Gasteiger partial charge in [0.25, 0.3) is 0 Å². The number of nitrogens with one attached hydrogen (secondary N) is 1. The van der Waals surface area contributed by atoms with Crippen molar-refractivity contribution in [3.63, 3.8) is 0 Å². The van der Waals surface area contributed by atoms with E-state index in [9.17, 15) is 18.4 Å². The first kappa shape index (κ1) is 14.4. The van der Waals surface area contributed by atoms with Gasteiger partial charge in [-0.05, 0) is 26.1 Å². The van der Waals surface area contributed by atoms with Crippen molar-refractivity contribution in [2.24, 2.45) is 5.92 Å². The topological polar surface area (TPSA) is 69.6 Å². The van der Waals surface area contributed by atoms with Crippen LogP contribution in [-0.4, -0.2) is 42.0 Å². The zero-order valence-corrected chi connectivity index (χ0v) is 10.8. The fraction of sp³-hybridized carbons (Fsp3) is 0.385. The van der Waals surface area contributed by atoms with Crippen LogP contribution in [0.4, 0.5) is 14.5 Å². The van der Waals surface area contributed by atoms with E-state index in [-0.39, 0.29) is 11.6 Å². The molecule has 1 heterocycles. The molecule has 20 heavy (non-hydrogen) atoms. The third-order valence-electron chi connectivity index (χ3n) is 3.31. The number of carbonyl (C=O) groups is 2. The highest BCUT2D eigenvalue weighted by Gasteiger charge is 2.27. The number of aromatic carboxylic acids is 1. The predicted octanol–water partition coefficient (Wildman–Crippen LogP) is 1.55. The monoisotopic (exact) mass is 284 g/mol. The molecule has 1 fully saturated rings. The summed E-state index contributed by atoms with van der Waals surface area (Å²) in [6.07, 6.45) is 0.650. The van der Waals surface area contributed by atoms with Crippen LogP contribution >= 0.6 is 0 Å². The van der Waals surface area contributed by atoms with Crippen molar-refractivity contribution < 1.29 is 23.5 Å². The number of anilines is 1. The van der Waals surface area contributed by atoms with E-state index in [4.69, 9.17) is 5.11 Å². The molecule has 0 saturated carbocycles. The number of halogens is 2. The number of rotatable bonds is 3. The fourth-order valence-electron chi connectivity index (χ4n) is 2.19. The Labute approximate surface area is 114 Å². The first-order valence-electron chi connectivity index (χ1n) is 6.10. The summed E-state index contributed by atoms with van der Waals surface area (Å²) in [6.45, 7) is 1.32. The van der Waals surface area contributed by atoms with Crippen LogP contribution in [0.5, 0.6) is 0 Å².